The molecule has 1 amide bonds. The molecule has 1 unspecified atom stereocenters. The van der Waals surface area contributed by atoms with Crippen molar-refractivity contribution < 1.29 is 4.79 Å². The quantitative estimate of drug-likeness (QED) is 0.645. The molecule has 0 aliphatic heterocycles. The third-order valence-corrected chi connectivity index (χ3v) is 4.88. The van der Waals surface area contributed by atoms with Gasteiger partial charge in [0.25, 0.3) is 0 Å². The van der Waals surface area contributed by atoms with Gasteiger partial charge >= 0.3 is 0 Å². The number of fused-ring (bicyclic) bond motifs is 1. The second-order valence-electron chi connectivity index (χ2n) is 6.39. The zero-order valence-electron chi connectivity index (χ0n) is 12.7. The predicted molar refractivity (Wildman–Crippen MR) is 85.4 cm³/mol. The van der Waals surface area contributed by atoms with E-state index in [2.05, 4.69) is 22.8 Å². The average molecular weight is 286 g/mol. The normalized spacial score (nSPS) is 22.0. The van der Waals surface area contributed by atoms with Gasteiger partial charge in [0.2, 0.25) is 5.91 Å². The highest BCUT2D eigenvalue weighted by atomic mass is 16.1. The maximum atomic E-state index is 12.2. The van der Waals surface area contributed by atoms with Crippen LogP contribution in [0.2, 0.25) is 0 Å². The van der Waals surface area contributed by atoms with Gasteiger partial charge in [0, 0.05) is 19.1 Å². The fourth-order valence-corrected chi connectivity index (χ4v) is 3.56. The number of amides is 1. The van der Waals surface area contributed by atoms with E-state index < -0.39 is 0 Å². The Morgan fingerprint density at radius 1 is 1.05 bits per heavy atom. The van der Waals surface area contributed by atoms with Crippen molar-refractivity contribution in [2.24, 2.45) is 0 Å². The van der Waals surface area contributed by atoms with Crippen LogP contribution in [0.3, 0.4) is 0 Å². The average Bonchev–Trinajstić information content (AvgIpc) is 2.74. The van der Waals surface area contributed by atoms with Gasteiger partial charge in [-0.2, -0.15) is 0 Å². The molecule has 3 nitrogen and oxygen atoms in total. The fourth-order valence-electron chi connectivity index (χ4n) is 3.56. The number of rotatable bonds is 5. The Balaban J connectivity index is 1.35. The van der Waals surface area contributed by atoms with Gasteiger partial charge in [-0.3, -0.25) is 4.79 Å². The molecule has 114 valence electrons. The second-order valence-corrected chi connectivity index (χ2v) is 6.39. The lowest BCUT2D eigenvalue weighted by atomic mass is 9.77. The van der Waals surface area contributed by atoms with Crippen molar-refractivity contribution in [2.45, 2.75) is 56.9 Å². The van der Waals surface area contributed by atoms with Gasteiger partial charge in [-0.05, 0) is 30.4 Å². The summed E-state index contributed by atoms with van der Waals surface area (Å²) >= 11 is 0. The lowest BCUT2D eigenvalue weighted by Crippen LogP contribution is -2.40. The number of benzene rings is 1. The molecule has 21 heavy (non-hydrogen) atoms. The van der Waals surface area contributed by atoms with Gasteiger partial charge in [0.05, 0.1) is 5.92 Å². The van der Waals surface area contributed by atoms with E-state index in [1.807, 2.05) is 12.1 Å². The first-order valence-electron chi connectivity index (χ1n) is 8.43. The molecule has 1 aromatic carbocycles. The van der Waals surface area contributed by atoms with Crippen molar-refractivity contribution in [3.8, 4) is 0 Å². The van der Waals surface area contributed by atoms with Crippen LogP contribution in [0.4, 0.5) is 0 Å². The zero-order valence-corrected chi connectivity index (χ0v) is 12.7. The molecule has 2 N–H and O–H groups in total. The summed E-state index contributed by atoms with van der Waals surface area (Å²) in [5, 5.41) is 6.68. The van der Waals surface area contributed by atoms with Crippen molar-refractivity contribution in [1.82, 2.24) is 10.6 Å². The van der Waals surface area contributed by atoms with Gasteiger partial charge in [-0.15, -0.1) is 0 Å². The number of carbonyl (C=O) groups is 1. The number of carbonyl (C=O) groups excluding carboxylic acids is 1. The van der Waals surface area contributed by atoms with Gasteiger partial charge < -0.3 is 10.6 Å². The van der Waals surface area contributed by atoms with Crippen molar-refractivity contribution >= 4 is 5.91 Å². The van der Waals surface area contributed by atoms with Crippen LogP contribution in [0.25, 0.3) is 0 Å². The van der Waals surface area contributed by atoms with Crippen LogP contribution in [0.1, 0.15) is 55.6 Å². The Kier molecular flexibility index (Phi) is 4.91. The molecule has 1 atom stereocenters. The summed E-state index contributed by atoms with van der Waals surface area (Å²) in [6.45, 7) is 1.64. The van der Waals surface area contributed by atoms with E-state index in [-0.39, 0.29) is 11.8 Å². The number of nitrogens with one attached hydrogen (secondary N) is 2. The predicted octanol–water partition coefficient (Wildman–Crippen LogP) is 2.75. The van der Waals surface area contributed by atoms with Gasteiger partial charge in [0.15, 0.2) is 0 Å². The van der Waals surface area contributed by atoms with Crippen LogP contribution in [-0.4, -0.2) is 25.0 Å². The second kappa shape index (κ2) is 7.08. The minimum absolute atomic E-state index is 0.0825. The minimum atomic E-state index is 0.0825. The molecule has 2 aliphatic rings. The summed E-state index contributed by atoms with van der Waals surface area (Å²) in [5.74, 6) is 0.274. The molecular weight excluding hydrogens is 260 g/mol. The monoisotopic (exact) mass is 286 g/mol. The van der Waals surface area contributed by atoms with Crippen LogP contribution < -0.4 is 10.6 Å². The molecule has 2 aliphatic carbocycles. The lowest BCUT2D eigenvalue weighted by molar-refractivity contribution is -0.123. The van der Waals surface area contributed by atoms with Crippen LogP contribution in [0.15, 0.2) is 24.3 Å². The highest BCUT2D eigenvalue weighted by Crippen LogP contribution is 2.34. The summed E-state index contributed by atoms with van der Waals surface area (Å²) in [6, 6.07) is 8.92. The molecule has 0 radical (unpaired) electrons. The molecule has 1 aromatic rings. The topological polar surface area (TPSA) is 41.1 Å². The standard InChI is InChI=1S/C18H26N2O/c21-18(17-13-14-7-5-6-10-16(14)17)20-12-11-19-15-8-3-1-2-4-9-15/h5-7,10,15,17,19H,1-4,8-9,11-13H2,(H,20,21). The van der Waals surface area contributed by atoms with Gasteiger partial charge in [-0.1, -0.05) is 49.9 Å². The molecule has 0 aromatic heterocycles. The smallest absolute Gasteiger partial charge is 0.227 e. The Morgan fingerprint density at radius 3 is 2.57 bits per heavy atom. The van der Waals surface area contributed by atoms with E-state index in [1.165, 1.54) is 49.7 Å². The van der Waals surface area contributed by atoms with Crippen LogP contribution in [0, 0.1) is 0 Å². The third kappa shape index (κ3) is 3.65. The lowest BCUT2D eigenvalue weighted by Gasteiger charge is -2.29. The first kappa shape index (κ1) is 14.6. The van der Waals surface area contributed by atoms with E-state index in [9.17, 15) is 4.79 Å². The Hall–Kier alpha value is -1.35. The van der Waals surface area contributed by atoms with Crippen molar-refractivity contribution in [3.63, 3.8) is 0 Å². The molecule has 0 heterocycles. The molecule has 0 bridgehead atoms. The van der Waals surface area contributed by atoms with Gasteiger partial charge in [-0.25, -0.2) is 0 Å². The Bertz CT molecular complexity index is 478. The molecular formula is C18H26N2O. The summed E-state index contributed by atoms with van der Waals surface area (Å²) < 4.78 is 0. The zero-order chi connectivity index (χ0) is 14.5. The molecule has 3 rings (SSSR count). The maximum Gasteiger partial charge on any atom is 0.227 e. The summed E-state index contributed by atoms with van der Waals surface area (Å²) in [7, 11) is 0. The molecule has 1 saturated carbocycles. The van der Waals surface area contributed by atoms with Crippen LogP contribution in [-0.2, 0) is 11.2 Å². The largest absolute Gasteiger partial charge is 0.354 e. The molecule has 0 saturated heterocycles. The van der Waals surface area contributed by atoms with Crippen molar-refractivity contribution in [3.05, 3.63) is 35.4 Å². The SMILES string of the molecule is O=C(NCCNC1CCCCCC1)C1Cc2ccccc21. The minimum Gasteiger partial charge on any atom is -0.354 e. The van der Waals surface area contributed by atoms with E-state index in [0.29, 0.717) is 6.04 Å². The van der Waals surface area contributed by atoms with E-state index in [1.54, 1.807) is 0 Å². The van der Waals surface area contributed by atoms with Crippen LogP contribution in [0.5, 0.6) is 0 Å². The number of hydrogen-bond acceptors (Lipinski definition) is 2. The summed E-state index contributed by atoms with van der Waals surface area (Å²) in [4.78, 5) is 12.2. The Labute approximate surface area is 127 Å². The summed E-state index contributed by atoms with van der Waals surface area (Å²) in [5.41, 5.74) is 2.54. The van der Waals surface area contributed by atoms with E-state index in [4.69, 9.17) is 0 Å². The first-order valence-corrected chi connectivity index (χ1v) is 8.43. The fraction of sp³-hybridized carbons (Fsp3) is 0.611. The van der Waals surface area contributed by atoms with Gasteiger partial charge in [0.1, 0.15) is 0 Å². The first-order chi connectivity index (χ1) is 10.3. The number of hydrogen-bond donors (Lipinski definition) is 2. The molecule has 3 heteroatoms. The Morgan fingerprint density at radius 2 is 1.81 bits per heavy atom. The highest BCUT2D eigenvalue weighted by Gasteiger charge is 2.31. The highest BCUT2D eigenvalue weighted by molar-refractivity contribution is 5.86. The third-order valence-electron chi connectivity index (χ3n) is 4.88. The van der Waals surface area contributed by atoms with E-state index in [0.717, 1.165) is 19.5 Å². The summed E-state index contributed by atoms with van der Waals surface area (Å²) in [6.07, 6.45) is 8.96. The van der Waals surface area contributed by atoms with E-state index >= 15 is 0 Å². The maximum absolute atomic E-state index is 12.2. The molecule has 0 spiro atoms. The molecule has 1 fully saturated rings. The van der Waals surface area contributed by atoms with Crippen molar-refractivity contribution in [2.75, 3.05) is 13.1 Å². The van der Waals surface area contributed by atoms with Crippen LogP contribution >= 0.6 is 0 Å². The van der Waals surface area contributed by atoms with Crippen molar-refractivity contribution in [1.29, 1.82) is 0 Å².